The molecule has 0 unspecified atom stereocenters. The van der Waals surface area contributed by atoms with Crippen LogP contribution in [0.15, 0.2) is 24.4 Å². The zero-order valence-corrected chi connectivity index (χ0v) is 15.8. The van der Waals surface area contributed by atoms with Crippen LogP contribution in [-0.2, 0) is 9.53 Å². The molecule has 150 valence electrons. The van der Waals surface area contributed by atoms with Crippen molar-refractivity contribution < 1.29 is 27.8 Å². The number of ether oxygens (including phenoxy) is 2. The molecular weight excluding hydrogens is 394 g/mol. The molecule has 2 aromatic rings. The van der Waals surface area contributed by atoms with Gasteiger partial charge in [0.15, 0.2) is 0 Å². The number of alkyl halides is 2. The molecule has 1 heterocycles. The molecule has 0 atom stereocenters. The molecule has 3 rings (SSSR count). The van der Waals surface area contributed by atoms with Crippen molar-refractivity contribution in [2.75, 3.05) is 7.11 Å². The first kappa shape index (κ1) is 20.3. The van der Waals surface area contributed by atoms with Crippen LogP contribution in [0.3, 0.4) is 0 Å². The van der Waals surface area contributed by atoms with Crippen LogP contribution in [0, 0.1) is 5.92 Å². The number of methoxy groups -OCH3 is 1. The van der Waals surface area contributed by atoms with E-state index in [1.807, 2.05) is 0 Å². The standard InChI is InChI=1S/C19H19ClF2N2O4/c1-27-18(26)10-2-4-13(5-3-10)24-17(25)12-6-11-7-14(20)16(28-19(21)22)8-15(11)23-9-12/h6-10,13,19H,2-5H2,1H3,(H,24,25). The van der Waals surface area contributed by atoms with E-state index in [1.54, 1.807) is 6.07 Å². The number of aromatic nitrogens is 1. The maximum Gasteiger partial charge on any atom is 0.387 e. The predicted molar refractivity (Wildman–Crippen MR) is 98.6 cm³/mol. The molecule has 1 aromatic carbocycles. The summed E-state index contributed by atoms with van der Waals surface area (Å²) in [6.45, 7) is -2.99. The van der Waals surface area contributed by atoms with Crippen molar-refractivity contribution in [1.82, 2.24) is 10.3 Å². The third kappa shape index (κ3) is 4.67. The van der Waals surface area contributed by atoms with Crippen molar-refractivity contribution >= 4 is 34.4 Å². The second-order valence-corrected chi connectivity index (χ2v) is 7.03. The first-order valence-electron chi connectivity index (χ1n) is 8.80. The molecule has 28 heavy (non-hydrogen) atoms. The lowest BCUT2D eigenvalue weighted by Crippen LogP contribution is -2.38. The van der Waals surface area contributed by atoms with Crippen LogP contribution in [0.2, 0.25) is 5.02 Å². The van der Waals surface area contributed by atoms with Gasteiger partial charge in [-0.25, -0.2) is 0 Å². The first-order chi connectivity index (χ1) is 13.4. The lowest BCUT2D eigenvalue weighted by Gasteiger charge is -2.27. The van der Waals surface area contributed by atoms with Gasteiger partial charge in [-0.2, -0.15) is 8.78 Å². The molecule has 1 aliphatic carbocycles. The van der Waals surface area contributed by atoms with Crippen LogP contribution in [-0.4, -0.2) is 36.6 Å². The zero-order valence-electron chi connectivity index (χ0n) is 15.1. The number of nitrogens with one attached hydrogen (secondary N) is 1. The van der Waals surface area contributed by atoms with Gasteiger partial charge in [0.25, 0.3) is 5.91 Å². The molecule has 1 aliphatic rings. The Morgan fingerprint density at radius 3 is 2.57 bits per heavy atom. The number of carbonyl (C=O) groups excluding carboxylic acids is 2. The van der Waals surface area contributed by atoms with Gasteiger partial charge in [0.1, 0.15) is 5.75 Å². The van der Waals surface area contributed by atoms with Crippen LogP contribution in [0.5, 0.6) is 5.75 Å². The number of carbonyl (C=O) groups is 2. The molecule has 6 nitrogen and oxygen atoms in total. The van der Waals surface area contributed by atoms with Crippen molar-refractivity contribution in [3.63, 3.8) is 0 Å². The maximum atomic E-state index is 12.5. The Labute approximate surface area is 165 Å². The van der Waals surface area contributed by atoms with Crippen LogP contribution >= 0.6 is 11.6 Å². The zero-order chi connectivity index (χ0) is 20.3. The highest BCUT2D eigenvalue weighted by Gasteiger charge is 2.27. The topological polar surface area (TPSA) is 77.5 Å². The van der Waals surface area contributed by atoms with E-state index < -0.39 is 6.61 Å². The minimum Gasteiger partial charge on any atom is -0.469 e. The van der Waals surface area contributed by atoms with E-state index in [1.165, 1.54) is 25.4 Å². The largest absolute Gasteiger partial charge is 0.469 e. The van der Waals surface area contributed by atoms with Gasteiger partial charge < -0.3 is 14.8 Å². The lowest BCUT2D eigenvalue weighted by molar-refractivity contribution is -0.146. The number of nitrogens with zero attached hydrogens (tertiary/aromatic N) is 1. The van der Waals surface area contributed by atoms with E-state index in [0.717, 1.165) is 0 Å². The van der Waals surface area contributed by atoms with Crippen LogP contribution in [0.1, 0.15) is 36.0 Å². The van der Waals surface area contributed by atoms with Crippen molar-refractivity contribution in [2.24, 2.45) is 5.92 Å². The van der Waals surface area contributed by atoms with E-state index in [4.69, 9.17) is 16.3 Å². The number of pyridine rings is 1. The fraction of sp³-hybridized carbons (Fsp3) is 0.421. The maximum absolute atomic E-state index is 12.5. The van der Waals surface area contributed by atoms with Crippen molar-refractivity contribution in [2.45, 2.75) is 38.3 Å². The highest BCUT2D eigenvalue weighted by atomic mass is 35.5. The van der Waals surface area contributed by atoms with Crippen molar-refractivity contribution in [3.05, 3.63) is 35.0 Å². The van der Waals surface area contributed by atoms with Gasteiger partial charge in [0.2, 0.25) is 0 Å². The highest BCUT2D eigenvalue weighted by molar-refractivity contribution is 6.32. The monoisotopic (exact) mass is 412 g/mol. The smallest absolute Gasteiger partial charge is 0.387 e. The normalized spacial score (nSPS) is 19.5. The Kier molecular flexibility index (Phi) is 6.28. The molecule has 0 bridgehead atoms. The summed E-state index contributed by atoms with van der Waals surface area (Å²) in [4.78, 5) is 28.2. The van der Waals surface area contributed by atoms with Gasteiger partial charge in [-0.15, -0.1) is 0 Å². The molecule has 1 amide bonds. The molecule has 1 N–H and O–H groups in total. The number of halogens is 3. The predicted octanol–water partition coefficient (Wildman–Crippen LogP) is 3.95. The fourth-order valence-electron chi connectivity index (χ4n) is 3.35. The average molecular weight is 413 g/mol. The van der Waals surface area contributed by atoms with Gasteiger partial charge in [-0.3, -0.25) is 14.6 Å². The fourth-order valence-corrected chi connectivity index (χ4v) is 3.57. The third-order valence-electron chi connectivity index (χ3n) is 4.81. The first-order valence-corrected chi connectivity index (χ1v) is 9.18. The molecule has 1 aromatic heterocycles. The van der Waals surface area contributed by atoms with Gasteiger partial charge in [0.05, 0.1) is 29.1 Å². The van der Waals surface area contributed by atoms with E-state index in [9.17, 15) is 18.4 Å². The second kappa shape index (κ2) is 8.68. The molecule has 0 aliphatic heterocycles. The SMILES string of the molecule is COC(=O)C1CCC(NC(=O)c2cnc3cc(OC(F)F)c(Cl)cc3c2)CC1. The second-order valence-electron chi connectivity index (χ2n) is 6.62. The van der Waals surface area contributed by atoms with Crippen molar-refractivity contribution in [1.29, 1.82) is 0 Å². The summed E-state index contributed by atoms with van der Waals surface area (Å²) in [7, 11) is 1.37. The number of rotatable bonds is 5. The number of fused-ring (bicyclic) bond motifs is 1. The summed E-state index contributed by atoms with van der Waals surface area (Å²) in [6, 6.07) is 4.30. The summed E-state index contributed by atoms with van der Waals surface area (Å²) in [5.41, 5.74) is 0.719. The van der Waals surface area contributed by atoms with E-state index >= 15 is 0 Å². The summed E-state index contributed by atoms with van der Waals surface area (Å²) >= 11 is 5.96. The Hall–Kier alpha value is -2.48. The lowest BCUT2D eigenvalue weighted by atomic mass is 9.86. The molecule has 9 heteroatoms. The minimum absolute atomic E-state index is 0.00768. The third-order valence-corrected chi connectivity index (χ3v) is 5.11. The summed E-state index contributed by atoms with van der Waals surface area (Å²) < 4.78 is 33.9. The van der Waals surface area contributed by atoms with Crippen LogP contribution < -0.4 is 10.1 Å². The van der Waals surface area contributed by atoms with Gasteiger partial charge in [-0.1, -0.05) is 11.6 Å². The summed E-state index contributed by atoms with van der Waals surface area (Å²) in [6.07, 6.45) is 4.07. The van der Waals surface area contributed by atoms with E-state index in [0.29, 0.717) is 42.1 Å². The van der Waals surface area contributed by atoms with E-state index in [-0.39, 0.29) is 34.6 Å². The highest BCUT2D eigenvalue weighted by Crippen LogP contribution is 2.31. The van der Waals surface area contributed by atoms with E-state index in [2.05, 4.69) is 15.0 Å². The molecule has 0 saturated heterocycles. The summed E-state index contributed by atoms with van der Waals surface area (Å²) in [5, 5.41) is 3.49. The number of amides is 1. The number of hydrogen-bond acceptors (Lipinski definition) is 5. The Balaban J connectivity index is 1.68. The average Bonchev–Trinajstić information content (AvgIpc) is 2.67. The summed E-state index contributed by atoms with van der Waals surface area (Å²) in [5.74, 6) is -0.793. The van der Waals surface area contributed by atoms with Crippen molar-refractivity contribution in [3.8, 4) is 5.75 Å². The number of benzene rings is 1. The number of esters is 1. The van der Waals surface area contributed by atoms with Gasteiger partial charge in [-0.05, 0) is 37.8 Å². The van der Waals surface area contributed by atoms with Gasteiger partial charge in [0, 0.05) is 23.7 Å². The minimum atomic E-state index is -2.99. The Morgan fingerprint density at radius 1 is 1.21 bits per heavy atom. The van der Waals surface area contributed by atoms with Gasteiger partial charge >= 0.3 is 12.6 Å². The molecule has 1 saturated carbocycles. The Morgan fingerprint density at radius 2 is 1.93 bits per heavy atom. The van der Waals surface area contributed by atoms with Crippen LogP contribution in [0.25, 0.3) is 10.9 Å². The number of hydrogen-bond donors (Lipinski definition) is 1. The molecule has 0 spiro atoms. The Bertz CT molecular complexity index is 886. The quantitative estimate of drug-likeness (QED) is 0.752. The molecule has 1 fully saturated rings. The molecule has 0 radical (unpaired) electrons. The molecular formula is C19H19ClF2N2O4. The van der Waals surface area contributed by atoms with Crippen LogP contribution in [0.4, 0.5) is 8.78 Å².